The van der Waals surface area contributed by atoms with E-state index in [2.05, 4.69) is 17.6 Å². The number of nitrogens with one attached hydrogen (secondary N) is 2. The molecule has 2 N–H and O–H groups in total. The third-order valence-corrected chi connectivity index (χ3v) is 3.82. The van der Waals surface area contributed by atoms with Crippen molar-refractivity contribution in [2.24, 2.45) is 0 Å². The first kappa shape index (κ1) is 12.2. The Morgan fingerprint density at radius 2 is 2.32 bits per heavy atom. The van der Waals surface area contributed by atoms with Crippen molar-refractivity contribution in [1.29, 1.82) is 0 Å². The minimum absolute atomic E-state index is 0.0230. The van der Waals surface area contributed by atoms with E-state index in [0.717, 1.165) is 23.9 Å². The van der Waals surface area contributed by atoms with E-state index in [-0.39, 0.29) is 11.4 Å². The third-order valence-electron chi connectivity index (χ3n) is 3.82. The molecule has 1 saturated heterocycles. The van der Waals surface area contributed by atoms with Crippen LogP contribution in [0.4, 0.5) is 0 Å². The largest absolute Gasteiger partial charge is 0.463 e. The van der Waals surface area contributed by atoms with Crippen LogP contribution >= 0.6 is 0 Å². The molecular weight excluding hydrogens is 240 g/mol. The Morgan fingerprint density at radius 1 is 1.47 bits per heavy atom. The number of furan rings is 1. The van der Waals surface area contributed by atoms with Gasteiger partial charge in [0.15, 0.2) is 0 Å². The molecule has 3 rings (SSSR count). The Kier molecular flexibility index (Phi) is 3.03. The van der Waals surface area contributed by atoms with E-state index in [4.69, 9.17) is 4.42 Å². The Labute approximate surface area is 112 Å². The van der Waals surface area contributed by atoms with Gasteiger partial charge in [-0.05, 0) is 32.4 Å². The number of para-hydroxylation sites is 1. The van der Waals surface area contributed by atoms with Crippen LogP contribution < -0.4 is 10.6 Å². The van der Waals surface area contributed by atoms with Gasteiger partial charge in [0.05, 0.1) is 5.56 Å². The molecule has 1 aliphatic heterocycles. The predicted molar refractivity (Wildman–Crippen MR) is 74.2 cm³/mol. The lowest BCUT2D eigenvalue weighted by Gasteiger charge is -2.24. The second kappa shape index (κ2) is 4.70. The first-order chi connectivity index (χ1) is 9.18. The smallest absolute Gasteiger partial charge is 0.255 e. The SMILES string of the molecule is CC1(CNC(=O)c2coc3ccccc23)CCCN1. The normalized spacial score (nSPS) is 22.8. The fourth-order valence-corrected chi connectivity index (χ4v) is 2.63. The van der Waals surface area contributed by atoms with Crippen molar-refractivity contribution in [3.05, 3.63) is 36.1 Å². The molecule has 1 aromatic heterocycles. The molecule has 19 heavy (non-hydrogen) atoms. The number of amides is 1. The Bertz CT molecular complexity index is 597. The molecule has 1 amide bonds. The second-order valence-corrected chi connectivity index (χ2v) is 5.42. The van der Waals surface area contributed by atoms with Crippen LogP contribution in [0.25, 0.3) is 11.0 Å². The Morgan fingerprint density at radius 3 is 3.11 bits per heavy atom. The van der Waals surface area contributed by atoms with E-state index in [1.54, 1.807) is 0 Å². The van der Waals surface area contributed by atoms with Crippen LogP contribution in [0.1, 0.15) is 30.1 Å². The van der Waals surface area contributed by atoms with E-state index in [1.807, 2.05) is 24.3 Å². The monoisotopic (exact) mass is 258 g/mol. The highest BCUT2D eigenvalue weighted by atomic mass is 16.3. The molecule has 1 unspecified atom stereocenters. The molecule has 4 nitrogen and oxygen atoms in total. The lowest BCUT2D eigenvalue weighted by molar-refractivity contribution is 0.0943. The van der Waals surface area contributed by atoms with Gasteiger partial charge in [-0.2, -0.15) is 0 Å². The quantitative estimate of drug-likeness (QED) is 0.888. The van der Waals surface area contributed by atoms with Crippen molar-refractivity contribution < 1.29 is 9.21 Å². The fraction of sp³-hybridized carbons (Fsp3) is 0.400. The summed E-state index contributed by atoms with van der Waals surface area (Å²) in [5.41, 5.74) is 1.38. The van der Waals surface area contributed by atoms with Crippen LogP contribution in [0, 0.1) is 0 Å². The highest BCUT2D eigenvalue weighted by Gasteiger charge is 2.28. The first-order valence-electron chi connectivity index (χ1n) is 6.67. The summed E-state index contributed by atoms with van der Waals surface area (Å²) >= 11 is 0. The maximum absolute atomic E-state index is 12.2. The molecule has 0 radical (unpaired) electrons. The number of carbonyl (C=O) groups excluding carboxylic acids is 1. The van der Waals surface area contributed by atoms with E-state index < -0.39 is 0 Å². The molecule has 1 fully saturated rings. The highest BCUT2D eigenvalue weighted by molar-refractivity contribution is 6.05. The molecule has 100 valence electrons. The lowest BCUT2D eigenvalue weighted by atomic mass is 10.0. The maximum Gasteiger partial charge on any atom is 0.255 e. The third kappa shape index (κ3) is 2.36. The highest BCUT2D eigenvalue weighted by Crippen LogP contribution is 2.21. The fourth-order valence-electron chi connectivity index (χ4n) is 2.63. The molecule has 0 saturated carbocycles. The van der Waals surface area contributed by atoms with Crippen molar-refractivity contribution >= 4 is 16.9 Å². The van der Waals surface area contributed by atoms with Crippen LogP contribution in [-0.4, -0.2) is 24.5 Å². The zero-order valence-electron chi connectivity index (χ0n) is 11.0. The molecule has 1 aliphatic rings. The molecular formula is C15H18N2O2. The van der Waals surface area contributed by atoms with Gasteiger partial charge in [0, 0.05) is 17.5 Å². The molecule has 4 heteroatoms. The minimum atomic E-state index is -0.0696. The number of hydrogen-bond donors (Lipinski definition) is 2. The van der Waals surface area contributed by atoms with Gasteiger partial charge in [-0.3, -0.25) is 4.79 Å². The van der Waals surface area contributed by atoms with Gasteiger partial charge in [-0.25, -0.2) is 0 Å². The minimum Gasteiger partial charge on any atom is -0.463 e. The number of benzene rings is 1. The first-order valence-corrected chi connectivity index (χ1v) is 6.67. The van der Waals surface area contributed by atoms with Crippen LogP contribution in [0.15, 0.2) is 34.9 Å². The van der Waals surface area contributed by atoms with Gasteiger partial charge < -0.3 is 15.1 Å². The topological polar surface area (TPSA) is 54.3 Å². The van der Waals surface area contributed by atoms with Gasteiger partial charge in [-0.1, -0.05) is 18.2 Å². The van der Waals surface area contributed by atoms with Crippen molar-refractivity contribution in [3.8, 4) is 0 Å². The second-order valence-electron chi connectivity index (χ2n) is 5.42. The number of hydrogen-bond acceptors (Lipinski definition) is 3. The number of carbonyl (C=O) groups is 1. The van der Waals surface area contributed by atoms with Gasteiger partial charge in [-0.15, -0.1) is 0 Å². The summed E-state index contributed by atoms with van der Waals surface area (Å²) in [6.07, 6.45) is 3.80. The summed E-state index contributed by atoms with van der Waals surface area (Å²) in [5, 5.41) is 7.30. The summed E-state index contributed by atoms with van der Waals surface area (Å²) in [6, 6.07) is 7.58. The maximum atomic E-state index is 12.2. The van der Waals surface area contributed by atoms with E-state index in [0.29, 0.717) is 12.1 Å². The molecule has 0 spiro atoms. The van der Waals surface area contributed by atoms with Gasteiger partial charge in [0.1, 0.15) is 11.8 Å². The van der Waals surface area contributed by atoms with Gasteiger partial charge in [0.25, 0.3) is 5.91 Å². The average molecular weight is 258 g/mol. The van der Waals surface area contributed by atoms with Crippen molar-refractivity contribution in [3.63, 3.8) is 0 Å². The van der Waals surface area contributed by atoms with Gasteiger partial charge in [0.2, 0.25) is 0 Å². The van der Waals surface area contributed by atoms with Crippen LogP contribution in [0.2, 0.25) is 0 Å². The van der Waals surface area contributed by atoms with Crippen molar-refractivity contribution in [2.45, 2.75) is 25.3 Å². The summed E-state index contributed by atoms with van der Waals surface area (Å²) in [6.45, 7) is 3.82. The van der Waals surface area contributed by atoms with E-state index in [9.17, 15) is 4.79 Å². The van der Waals surface area contributed by atoms with Crippen LogP contribution in [-0.2, 0) is 0 Å². The van der Waals surface area contributed by atoms with Gasteiger partial charge >= 0.3 is 0 Å². The summed E-state index contributed by atoms with van der Waals surface area (Å²) in [5.74, 6) is -0.0696. The zero-order valence-corrected chi connectivity index (χ0v) is 11.0. The summed E-state index contributed by atoms with van der Waals surface area (Å²) in [7, 11) is 0. The van der Waals surface area contributed by atoms with Crippen molar-refractivity contribution in [2.75, 3.05) is 13.1 Å². The van der Waals surface area contributed by atoms with E-state index in [1.165, 1.54) is 12.7 Å². The Balaban J connectivity index is 1.73. The van der Waals surface area contributed by atoms with Crippen LogP contribution in [0.3, 0.4) is 0 Å². The molecule has 2 aromatic rings. The molecule has 0 bridgehead atoms. The van der Waals surface area contributed by atoms with Crippen LogP contribution in [0.5, 0.6) is 0 Å². The number of rotatable bonds is 3. The predicted octanol–water partition coefficient (Wildman–Crippen LogP) is 2.30. The molecule has 1 aromatic carbocycles. The molecule has 1 atom stereocenters. The molecule has 0 aliphatic carbocycles. The van der Waals surface area contributed by atoms with Crippen molar-refractivity contribution in [1.82, 2.24) is 10.6 Å². The number of fused-ring (bicyclic) bond motifs is 1. The average Bonchev–Trinajstić information content (AvgIpc) is 3.03. The molecule has 2 heterocycles. The summed E-state index contributed by atoms with van der Waals surface area (Å²) < 4.78 is 5.39. The standard InChI is InChI=1S/C15H18N2O2/c1-15(7-4-8-17-15)10-16-14(18)12-9-19-13-6-3-2-5-11(12)13/h2-3,5-6,9,17H,4,7-8,10H2,1H3,(H,16,18). The Hall–Kier alpha value is -1.81. The lowest BCUT2D eigenvalue weighted by Crippen LogP contribution is -2.47. The van der Waals surface area contributed by atoms with E-state index >= 15 is 0 Å². The zero-order chi connectivity index (χ0) is 13.3. The summed E-state index contributed by atoms with van der Waals surface area (Å²) in [4.78, 5) is 12.2.